The molecule has 4 heteroatoms. The zero-order valence-electron chi connectivity index (χ0n) is 13.6. The van der Waals surface area contributed by atoms with Crippen molar-refractivity contribution in [1.29, 1.82) is 0 Å². The number of amides is 1. The zero-order valence-corrected chi connectivity index (χ0v) is 13.6. The quantitative estimate of drug-likeness (QED) is 0.795. The summed E-state index contributed by atoms with van der Waals surface area (Å²) in [6, 6.07) is 14.9. The smallest absolute Gasteiger partial charge is 0.255 e. The normalized spacial score (nSPS) is 10.4. The summed E-state index contributed by atoms with van der Waals surface area (Å²) in [7, 11) is 4.00. The van der Waals surface area contributed by atoms with Crippen LogP contribution in [-0.2, 0) is 6.54 Å². The van der Waals surface area contributed by atoms with E-state index in [1.807, 2.05) is 38.4 Å². The Bertz CT molecular complexity index is 663. The predicted octanol–water partition coefficient (Wildman–Crippen LogP) is 3.57. The third-order valence-electron chi connectivity index (χ3n) is 3.24. The number of nitrogens with one attached hydrogen (secondary N) is 1. The summed E-state index contributed by atoms with van der Waals surface area (Å²) in [5.74, 6) is 0.584. The molecule has 120 valence electrons. The Kier molecular flexibility index (Phi) is 5.94. The second-order valence-corrected chi connectivity index (χ2v) is 5.47. The van der Waals surface area contributed by atoms with Crippen molar-refractivity contribution in [3.8, 4) is 5.75 Å². The van der Waals surface area contributed by atoms with Crippen LogP contribution < -0.4 is 10.1 Å². The number of rotatable bonds is 7. The summed E-state index contributed by atoms with van der Waals surface area (Å²) in [5.41, 5.74) is 2.51. The van der Waals surface area contributed by atoms with Crippen molar-refractivity contribution in [1.82, 2.24) is 4.90 Å². The third-order valence-corrected chi connectivity index (χ3v) is 3.24. The van der Waals surface area contributed by atoms with Crippen LogP contribution in [0.2, 0.25) is 0 Å². The van der Waals surface area contributed by atoms with Gasteiger partial charge in [0.2, 0.25) is 0 Å². The lowest BCUT2D eigenvalue weighted by molar-refractivity contribution is 0.102. The highest BCUT2D eigenvalue weighted by molar-refractivity contribution is 6.04. The Labute approximate surface area is 137 Å². The highest BCUT2D eigenvalue weighted by Gasteiger charge is 2.09. The van der Waals surface area contributed by atoms with Crippen LogP contribution in [-0.4, -0.2) is 31.5 Å². The van der Waals surface area contributed by atoms with E-state index in [-0.39, 0.29) is 5.91 Å². The molecule has 0 aliphatic carbocycles. The van der Waals surface area contributed by atoms with Gasteiger partial charge in [0.05, 0.1) is 0 Å². The van der Waals surface area contributed by atoms with E-state index >= 15 is 0 Å². The molecule has 0 radical (unpaired) electrons. The Morgan fingerprint density at radius 2 is 1.87 bits per heavy atom. The average molecular weight is 310 g/mol. The first-order valence-corrected chi connectivity index (χ1v) is 7.48. The molecule has 0 bridgehead atoms. The van der Waals surface area contributed by atoms with Crippen LogP contribution in [0.3, 0.4) is 0 Å². The van der Waals surface area contributed by atoms with Gasteiger partial charge in [-0.15, -0.1) is 0 Å². The maximum absolute atomic E-state index is 12.4. The second-order valence-electron chi connectivity index (χ2n) is 5.47. The van der Waals surface area contributed by atoms with Gasteiger partial charge in [-0.05, 0) is 50.0 Å². The number of ether oxygens (including phenoxy) is 1. The summed E-state index contributed by atoms with van der Waals surface area (Å²) < 4.78 is 5.42. The van der Waals surface area contributed by atoms with Crippen LogP contribution in [0.4, 0.5) is 5.69 Å². The SMILES string of the molecule is C=CCOc1ccc(C(=O)Nc2ccccc2CN(C)C)cc1. The summed E-state index contributed by atoms with van der Waals surface area (Å²) >= 11 is 0. The molecule has 2 aromatic carbocycles. The lowest BCUT2D eigenvalue weighted by atomic mass is 10.1. The molecule has 0 heterocycles. The fourth-order valence-electron chi connectivity index (χ4n) is 2.17. The Morgan fingerprint density at radius 3 is 2.52 bits per heavy atom. The van der Waals surface area contributed by atoms with Crippen LogP contribution in [0.15, 0.2) is 61.2 Å². The number of anilines is 1. The van der Waals surface area contributed by atoms with Crippen molar-refractivity contribution in [3.05, 3.63) is 72.3 Å². The topological polar surface area (TPSA) is 41.6 Å². The maximum Gasteiger partial charge on any atom is 0.255 e. The Balaban J connectivity index is 2.08. The van der Waals surface area contributed by atoms with Gasteiger partial charge in [-0.25, -0.2) is 0 Å². The van der Waals surface area contributed by atoms with Crippen molar-refractivity contribution in [2.75, 3.05) is 26.0 Å². The fourth-order valence-corrected chi connectivity index (χ4v) is 2.17. The third kappa shape index (κ3) is 4.97. The number of carbonyl (C=O) groups is 1. The van der Waals surface area contributed by atoms with Crippen molar-refractivity contribution in [3.63, 3.8) is 0 Å². The molecular formula is C19H22N2O2. The summed E-state index contributed by atoms with van der Waals surface area (Å²) in [4.78, 5) is 14.5. The van der Waals surface area contributed by atoms with E-state index in [1.165, 1.54) is 0 Å². The average Bonchev–Trinajstić information content (AvgIpc) is 2.54. The van der Waals surface area contributed by atoms with E-state index in [0.717, 1.165) is 23.5 Å². The molecule has 1 amide bonds. The van der Waals surface area contributed by atoms with E-state index in [2.05, 4.69) is 16.8 Å². The second kappa shape index (κ2) is 8.15. The number of nitrogens with zero attached hydrogens (tertiary/aromatic N) is 1. The number of hydrogen-bond donors (Lipinski definition) is 1. The number of para-hydroxylation sites is 1. The van der Waals surface area contributed by atoms with Gasteiger partial charge in [0.1, 0.15) is 12.4 Å². The van der Waals surface area contributed by atoms with Gasteiger partial charge < -0.3 is 15.0 Å². The summed E-state index contributed by atoms with van der Waals surface area (Å²) in [6.07, 6.45) is 1.68. The van der Waals surface area contributed by atoms with Crippen molar-refractivity contribution < 1.29 is 9.53 Å². The minimum absolute atomic E-state index is 0.133. The molecule has 0 spiro atoms. The van der Waals surface area contributed by atoms with Gasteiger partial charge in [0.15, 0.2) is 0 Å². The molecule has 1 N–H and O–H groups in total. The molecule has 0 aliphatic rings. The van der Waals surface area contributed by atoms with Crippen LogP contribution in [0.5, 0.6) is 5.75 Å². The minimum Gasteiger partial charge on any atom is -0.490 e. The van der Waals surface area contributed by atoms with E-state index in [9.17, 15) is 4.79 Å². The zero-order chi connectivity index (χ0) is 16.7. The predicted molar refractivity (Wildman–Crippen MR) is 93.9 cm³/mol. The molecule has 0 unspecified atom stereocenters. The van der Waals surface area contributed by atoms with Gasteiger partial charge >= 0.3 is 0 Å². The lowest BCUT2D eigenvalue weighted by Gasteiger charge is -2.15. The van der Waals surface area contributed by atoms with Gasteiger partial charge in [-0.2, -0.15) is 0 Å². The number of carbonyl (C=O) groups excluding carboxylic acids is 1. The highest BCUT2D eigenvalue weighted by atomic mass is 16.5. The first-order chi connectivity index (χ1) is 11.1. The van der Waals surface area contributed by atoms with Gasteiger partial charge in [-0.3, -0.25) is 4.79 Å². The van der Waals surface area contributed by atoms with Crippen LogP contribution in [0.25, 0.3) is 0 Å². The molecule has 4 nitrogen and oxygen atoms in total. The molecule has 0 saturated carbocycles. The Morgan fingerprint density at radius 1 is 1.17 bits per heavy atom. The van der Waals surface area contributed by atoms with Gasteiger partial charge in [0, 0.05) is 17.8 Å². The molecule has 23 heavy (non-hydrogen) atoms. The van der Waals surface area contributed by atoms with Crippen LogP contribution in [0.1, 0.15) is 15.9 Å². The number of hydrogen-bond acceptors (Lipinski definition) is 3. The van der Waals surface area contributed by atoms with Crippen molar-refractivity contribution >= 4 is 11.6 Å². The van der Waals surface area contributed by atoms with E-state index in [1.54, 1.807) is 30.3 Å². The van der Waals surface area contributed by atoms with Crippen LogP contribution >= 0.6 is 0 Å². The number of benzene rings is 2. The molecule has 0 aromatic heterocycles. The molecule has 0 saturated heterocycles. The lowest BCUT2D eigenvalue weighted by Crippen LogP contribution is -2.16. The molecule has 0 aliphatic heterocycles. The van der Waals surface area contributed by atoms with Gasteiger partial charge in [0.25, 0.3) is 5.91 Å². The largest absolute Gasteiger partial charge is 0.490 e. The van der Waals surface area contributed by atoms with Gasteiger partial charge in [-0.1, -0.05) is 30.9 Å². The van der Waals surface area contributed by atoms with Crippen LogP contribution in [0, 0.1) is 0 Å². The minimum atomic E-state index is -0.133. The summed E-state index contributed by atoms with van der Waals surface area (Å²) in [6.45, 7) is 4.82. The van der Waals surface area contributed by atoms with E-state index in [4.69, 9.17) is 4.74 Å². The van der Waals surface area contributed by atoms with Crippen molar-refractivity contribution in [2.24, 2.45) is 0 Å². The molecule has 2 aromatic rings. The molecule has 2 rings (SSSR count). The highest BCUT2D eigenvalue weighted by Crippen LogP contribution is 2.18. The Hall–Kier alpha value is -2.59. The monoisotopic (exact) mass is 310 g/mol. The van der Waals surface area contributed by atoms with E-state index in [0.29, 0.717) is 12.2 Å². The van der Waals surface area contributed by atoms with E-state index < -0.39 is 0 Å². The molecule has 0 atom stereocenters. The molecular weight excluding hydrogens is 288 g/mol. The first kappa shape index (κ1) is 16.8. The first-order valence-electron chi connectivity index (χ1n) is 7.48. The summed E-state index contributed by atoms with van der Waals surface area (Å²) in [5, 5.41) is 2.97. The molecule has 0 fully saturated rings. The maximum atomic E-state index is 12.4. The fraction of sp³-hybridized carbons (Fsp3) is 0.211. The van der Waals surface area contributed by atoms with Crippen molar-refractivity contribution in [2.45, 2.75) is 6.54 Å². The standard InChI is InChI=1S/C19H22N2O2/c1-4-13-23-17-11-9-15(10-12-17)19(22)20-18-8-6-5-7-16(18)14-21(2)3/h4-12H,1,13-14H2,2-3H3,(H,20,22).